The molecular formula is C19H21F2N3S2. The molecule has 1 heterocycles. The molecule has 2 aromatic carbocycles. The Morgan fingerprint density at radius 1 is 1.15 bits per heavy atom. The Kier molecular flexibility index (Phi) is 6.82. The zero-order chi connectivity index (χ0) is 18.4. The van der Waals surface area contributed by atoms with Crippen LogP contribution in [0.15, 0.2) is 59.5 Å². The normalized spacial score (nSPS) is 17.4. The van der Waals surface area contributed by atoms with Crippen LogP contribution in [0.2, 0.25) is 0 Å². The Labute approximate surface area is 162 Å². The van der Waals surface area contributed by atoms with Gasteiger partial charge in [0.05, 0.1) is 0 Å². The number of thioether (sulfide) groups is 1. The monoisotopic (exact) mass is 393 g/mol. The number of nitrogens with zero attached hydrogens (tertiary/aromatic N) is 1. The molecule has 1 fully saturated rings. The van der Waals surface area contributed by atoms with Gasteiger partial charge in [-0.15, -0.1) is 0 Å². The van der Waals surface area contributed by atoms with Gasteiger partial charge in [-0.05, 0) is 48.5 Å². The second kappa shape index (κ2) is 9.30. The molecule has 0 aliphatic carbocycles. The van der Waals surface area contributed by atoms with Crippen molar-refractivity contribution in [3.63, 3.8) is 0 Å². The highest BCUT2D eigenvalue weighted by atomic mass is 32.2. The van der Waals surface area contributed by atoms with E-state index in [2.05, 4.69) is 39.8 Å². The summed E-state index contributed by atoms with van der Waals surface area (Å²) >= 11 is 5.92. The Bertz CT molecular complexity index is 710. The molecule has 3 nitrogen and oxygen atoms in total. The number of anilines is 1. The first-order chi connectivity index (χ1) is 12.6. The topological polar surface area (TPSA) is 27.3 Å². The second-order valence-electron chi connectivity index (χ2n) is 6.21. The van der Waals surface area contributed by atoms with Crippen LogP contribution in [0.1, 0.15) is 12.0 Å². The molecule has 1 aliphatic rings. The van der Waals surface area contributed by atoms with Gasteiger partial charge in [0.25, 0.3) is 5.76 Å². The van der Waals surface area contributed by atoms with Crippen LogP contribution in [0.25, 0.3) is 0 Å². The SMILES string of the molecule is FC(F)Sc1ccc(NC(=S)N[C@@H]2CCN(Cc3ccccc3)C2)cc1. The number of nitrogens with one attached hydrogen (secondary N) is 2. The van der Waals surface area contributed by atoms with Gasteiger partial charge in [-0.1, -0.05) is 42.1 Å². The fourth-order valence-corrected chi connectivity index (χ4v) is 3.79. The summed E-state index contributed by atoms with van der Waals surface area (Å²) in [5.74, 6) is -2.40. The van der Waals surface area contributed by atoms with E-state index in [-0.39, 0.29) is 0 Å². The molecule has 2 aromatic rings. The van der Waals surface area contributed by atoms with Gasteiger partial charge >= 0.3 is 0 Å². The van der Waals surface area contributed by atoms with E-state index in [1.165, 1.54) is 5.56 Å². The Morgan fingerprint density at radius 2 is 1.88 bits per heavy atom. The fourth-order valence-electron chi connectivity index (χ4n) is 3.01. The quantitative estimate of drug-likeness (QED) is 0.554. The molecule has 0 spiro atoms. The molecular weight excluding hydrogens is 372 g/mol. The van der Waals surface area contributed by atoms with Crippen LogP contribution < -0.4 is 10.6 Å². The first-order valence-corrected chi connectivity index (χ1v) is 9.76. The number of thiocarbonyl (C=S) groups is 1. The summed E-state index contributed by atoms with van der Waals surface area (Å²) in [6.07, 6.45) is 1.04. The highest BCUT2D eigenvalue weighted by Crippen LogP contribution is 2.26. The minimum atomic E-state index is -2.40. The van der Waals surface area contributed by atoms with Gasteiger partial charge in [0.15, 0.2) is 5.11 Å². The maximum absolute atomic E-state index is 12.3. The van der Waals surface area contributed by atoms with Crippen molar-refractivity contribution in [2.45, 2.75) is 29.7 Å². The number of rotatable bonds is 6. The molecule has 3 rings (SSSR count). The van der Waals surface area contributed by atoms with Crippen molar-refractivity contribution in [1.29, 1.82) is 0 Å². The summed E-state index contributed by atoms with van der Waals surface area (Å²) in [7, 11) is 0. The van der Waals surface area contributed by atoms with Gasteiger partial charge in [0, 0.05) is 36.3 Å². The van der Waals surface area contributed by atoms with Gasteiger partial charge in [-0.25, -0.2) is 0 Å². The average Bonchev–Trinajstić information content (AvgIpc) is 3.04. The lowest BCUT2D eigenvalue weighted by molar-refractivity contribution is 0.252. The zero-order valence-electron chi connectivity index (χ0n) is 14.2. The van der Waals surface area contributed by atoms with E-state index in [4.69, 9.17) is 12.2 Å². The van der Waals surface area contributed by atoms with Gasteiger partial charge in [-0.3, -0.25) is 4.90 Å². The second-order valence-corrected chi connectivity index (χ2v) is 7.68. The van der Waals surface area contributed by atoms with Crippen LogP contribution >= 0.6 is 24.0 Å². The predicted octanol–water partition coefficient (Wildman–Crippen LogP) is 4.56. The summed E-state index contributed by atoms with van der Waals surface area (Å²) < 4.78 is 24.7. The molecule has 0 unspecified atom stereocenters. The molecule has 0 radical (unpaired) electrons. The molecule has 1 atom stereocenters. The molecule has 0 amide bonds. The van der Waals surface area contributed by atoms with Gasteiger partial charge in [-0.2, -0.15) is 8.78 Å². The fraction of sp³-hybridized carbons (Fsp3) is 0.316. The first-order valence-electron chi connectivity index (χ1n) is 8.47. The summed E-state index contributed by atoms with van der Waals surface area (Å²) in [6.45, 7) is 2.93. The highest BCUT2D eigenvalue weighted by Gasteiger charge is 2.22. The smallest absolute Gasteiger partial charge is 0.288 e. The van der Waals surface area contributed by atoms with E-state index >= 15 is 0 Å². The Hall–Kier alpha value is -1.70. The molecule has 0 bridgehead atoms. The molecule has 0 aromatic heterocycles. The minimum Gasteiger partial charge on any atom is -0.358 e. The number of alkyl halides is 2. The molecule has 0 saturated carbocycles. The lowest BCUT2D eigenvalue weighted by Gasteiger charge is -2.18. The molecule has 7 heteroatoms. The number of halogens is 2. The molecule has 1 saturated heterocycles. The van der Waals surface area contributed by atoms with Crippen LogP contribution in [0.5, 0.6) is 0 Å². The lowest BCUT2D eigenvalue weighted by Crippen LogP contribution is -2.39. The summed E-state index contributed by atoms with van der Waals surface area (Å²) in [5.41, 5.74) is 2.11. The maximum atomic E-state index is 12.3. The number of likely N-dealkylation sites (tertiary alicyclic amines) is 1. The lowest BCUT2D eigenvalue weighted by atomic mass is 10.2. The summed E-state index contributed by atoms with van der Waals surface area (Å²) in [6, 6.07) is 17.6. The van der Waals surface area contributed by atoms with E-state index < -0.39 is 5.76 Å². The third-order valence-corrected chi connectivity index (χ3v) is 5.14. The zero-order valence-corrected chi connectivity index (χ0v) is 15.8. The Balaban J connectivity index is 1.44. The van der Waals surface area contributed by atoms with Crippen molar-refractivity contribution in [2.24, 2.45) is 0 Å². The first kappa shape index (κ1) is 19.1. The maximum Gasteiger partial charge on any atom is 0.288 e. The molecule has 138 valence electrons. The van der Waals surface area contributed by atoms with E-state index in [9.17, 15) is 8.78 Å². The largest absolute Gasteiger partial charge is 0.358 e. The molecule has 2 N–H and O–H groups in total. The molecule has 1 aliphatic heterocycles. The predicted molar refractivity (Wildman–Crippen MR) is 108 cm³/mol. The van der Waals surface area contributed by atoms with E-state index in [0.29, 0.717) is 27.8 Å². The van der Waals surface area contributed by atoms with Crippen LogP contribution in [-0.4, -0.2) is 34.9 Å². The third-order valence-electron chi connectivity index (χ3n) is 4.19. The number of hydrogen-bond donors (Lipinski definition) is 2. The average molecular weight is 394 g/mol. The number of hydrogen-bond acceptors (Lipinski definition) is 3. The standard InChI is InChI=1S/C19H21F2N3S2/c20-18(21)26-17-8-6-15(7-9-17)22-19(25)23-16-10-11-24(13-16)12-14-4-2-1-3-5-14/h1-9,16,18H,10-13H2,(H2,22,23,25)/t16-/m1/s1. The summed E-state index contributed by atoms with van der Waals surface area (Å²) in [5, 5.41) is 7.02. The van der Waals surface area contributed by atoms with Crippen molar-refractivity contribution in [3.8, 4) is 0 Å². The van der Waals surface area contributed by atoms with Crippen LogP contribution in [0.3, 0.4) is 0 Å². The van der Waals surface area contributed by atoms with Crippen molar-refractivity contribution >= 4 is 34.8 Å². The third kappa shape index (κ3) is 5.93. The molecule has 26 heavy (non-hydrogen) atoms. The van der Waals surface area contributed by atoms with Crippen molar-refractivity contribution in [2.75, 3.05) is 18.4 Å². The van der Waals surface area contributed by atoms with Gasteiger partial charge in [0.2, 0.25) is 0 Å². The van der Waals surface area contributed by atoms with Gasteiger partial charge < -0.3 is 10.6 Å². The number of benzene rings is 2. The van der Waals surface area contributed by atoms with Crippen molar-refractivity contribution in [1.82, 2.24) is 10.2 Å². The van der Waals surface area contributed by atoms with Crippen LogP contribution in [-0.2, 0) is 6.54 Å². The minimum absolute atomic E-state index is 0.312. The van der Waals surface area contributed by atoms with Crippen LogP contribution in [0, 0.1) is 0 Å². The highest BCUT2D eigenvalue weighted by molar-refractivity contribution is 7.99. The van der Waals surface area contributed by atoms with E-state index in [1.807, 2.05) is 6.07 Å². The van der Waals surface area contributed by atoms with Gasteiger partial charge in [0.1, 0.15) is 0 Å². The van der Waals surface area contributed by atoms with E-state index in [0.717, 1.165) is 31.7 Å². The van der Waals surface area contributed by atoms with Crippen LogP contribution in [0.4, 0.5) is 14.5 Å². The Morgan fingerprint density at radius 3 is 2.58 bits per heavy atom. The van der Waals surface area contributed by atoms with E-state index in [1.54, 1.807) is 24.3 Å². The summed E-state index contributed by atoms with van der Waals surface area (Å²) in [4.78, 5) is 2.95. The van der Waals surface area contributed by atoms with Crippen molar-refractivity contribution in [3.05, 3.63) is 60.2 Å². The van der Waals surface area contributed by atoms with Crippen molar-refractivity contribution < 1.29 is 8.78 Å².